The van der Waals surface area contributed by atoms with Crippen molar-refractivity contribution < 1.29 is 9.53 Å². The molecule has 4 nitrogen and oxygen atoms in total. The Morgan fingerprint density at radius 2 is 2.11 bits per heavy atom. The number of nitrogens with zero attached hydrogens (tertiary/aromatic N) is 2. The third kappa shape index (κ3) is 3.78. The van der Waals surface area contributed by atoms with Gasteiger partial charge in [-0.1, -0.05) is 34.3 Å². The molecule has 1 aromatic heterocycles. The molecule has 6 heteroatoms. The standard InChI is InChI=1S/C13H14N2O2S2/c1-3-17-12(16)11-13(19-15-14-11)18-8-10-6-4-9(2)5-7-10/h4-7H,3,8H2,1-2H3. The number of carbonyl (C=O) groups is 1. The second kappa shape index (κ2) is 6.68. The molecule has 0 atom stereocenters. The van der Waals surface area contributed by atoms with E-state index in [0.717, 1.165) is 9.96 Å². The van der Waals surface area contributed by atoms with Crippen molar-refractivity contribution in [2.24, 2.45) is 0 Å². The number of aryl methyl sites for hydroxylation is 1. The molecule has 19 heavy (non-hydrogen) atoms. The molecule has 0 saturated heterocycles. The van der Waals surface area contributed by atoms with Gasteiger partial charge in [-0.25, -0.2) is 4.79 Å². The van der Waals surface area contributed by atoms with E-state index in [4.69, 9.17) is 4.74 Å². The van der Waals surface area contributed by atoms with Crippen molar-refractivity contribution in [2.75, 3.05) is 6.61 Å². The highest BCUT2D eigenvalue weighted by Crippen LogP contribution is 2.28. The molecule has 0 unspecified atom stereocenters. The number of thioether (sulfide) groups is 1. The molecule has 0 bridgehead atoms. The predicted molar refractivity (Wildman–Crippen MR) is 76.6 cm³/mol. The van der Waals surface area contributed by atoms with Gasteiger partial charge < -0.3 is 4.74 Å². The van der Waals surface area contributed by atoms with Crippen LogP contribution in [0.3, 0.4) is 0 Å². The Bertz CT molecular complexity index is 552. The fraction of sp³-hybridized carbons (Fsp3) is 0.308. The Morgan fingerprint density at radius 3 is 2.79 bits per heavy atom. The third-order valence-corrected chi connectivity index (χ3v) is 4.45. The first-order chi connectivity index (χ1) is 9.20. The summed E-state index contributed by atoms with van der Waals surface area (Å²) in [5.41, 5.74) is 2.77. The molecule has 2 aromatic rings. The van der Waals surface area contributed by atoms with Gasteiger partial charge in [0.25, 0.3) is 0 Å². The van der Waals surface area contributed by atoms with Crippen molar-refractivity contribution in [1.82, 2.24) is 9.59 Å². The molecule has 0 N–H and O–H groups in total. The van der Waals surface area contributed by atoms with E-state index in [0.29, 0.717) is 12.3 Å². The Hall–Kier alpha value is -1.40. The van der Waals surface area contributed by atoms with Gasteiger partial charge in [0.15, 0.2) is 5.69 Å². The molecule has 0 radical (unpaired) electrons. The van der Waals surface area contributed by atoms with Gasteiger partial charge in [0.2, 0.25) is 0 Å². The summed E-state index contributed by atoms with van der Waals surface area (Å²) in [5.74, 6) is 0.388. The second-order valence-electron chi connectivity index (χ2n) is 3.90. The van der Waals surface area contributed by atoms with Gasteiger partial charge in [0, 0.05) is 5.75 Å². The lowest BCUT2D eigenvalue weighted by Crippen LogP contribution is -2.06. The topological polar surface area (TPSA) is 52.1 Å². The number of esters is 1. The zero-order valence-electron chi connectivity index (χ0n) is 10.8. The lowest BCUT2D eigenvalue weighted by Gasteiger charge is -2.02. The average Bonchev–Trinajstić information content (AvgIpc) is 2.87. The molecule has 0 saturated carbocycles. The highest BCUT2D eigenvalue weighted by atomic mass is 32.2. The maximum atomic E-state index is 11.7. The van der Waals surface area contributed by atoms with Gasteiger partial charge in [-0.2, -0.15) is 0 Å². The fourth-order valence-corrected chi connectivity index (χ4v) is 3.08. The minimum atomic E-state index is -0.400. The van der Waals surface area contributed by atoms with Crippen LogP contribution in [0.4, 0.5) is 0 Å². The van der Waals surface area contributed by atoms with Crippen LogP contribution in [0.5, 0.6) is 0 Å². The summed E-state index contributed by atoms with van der Waals surface area (Å²) in [6.07, 6.45) is 0. The van der Waals surface area contributed by atoms with Gasteiger partial charge >= 0.3 is 5.97 Å². The number of benzene rings is 1. The summed E-state index contributed by atoms with van der Waals surface area (Å²) in [6, 6.07) is 8.32. The van der Waals surface area contributed by atoms with Crippen LogP contribution < -0.4 is 0 Å². The molecule has 0 aliphatic rings. The summed E-state index contributed by atoms with van der Waals surface area (Å²) in [6.45, 7) is 4.18. The van der Waals surface area contributed by atoms with Crippen molar-refractivity contribution in [1.29, 1.82) is 0 Å². The molecule has 0 aliphatic heterocycles. The molecule has 0 fully saturated rings. The minimum absolute atomic E-state index is 0.323. The minimum Gasteiger partial charge on any atom is -0.461 e. The number of rotatable bonds is 5. The van der Waals surface area contributed by atoms with Gasteiger partial charge in [-0.05, 0) is 30.9 Å². The Balaban J connectivity index is 2.02. The van der Waals surface area contributed by atoms with E-state index in [-0.39, 0.29) is 0 Å². The summed E-state index contributed by atoms with van der Waals surface area (Å²) < 4.78 is 9.57. The highest BCUT2D eigenvalue weighted by Gasteiger charge is 2.17. The van der Waals surface area contributed by atoms with Crippen LogP contribution in [0.2, 0.25) is 0 Å². The first-order valence-electron chi connectivity index (χ1n) is 5.88. The molecule has 1 aromatic carbocycles. The highest BCUT2D eigenvalue weighted by molar-refractivity contribution is 8.00. The van der Waals surface area contributed by atoms with Gasteiger partial charge in [-0.15, -0.1) is 16.9 Å². The first-order valence-corrected chi connectivity index (χ1v) is 7.64. The van der Waals surface area contributed by atoms with E-state index in [1.165, 1.54) is 22.7 Å². The van der Waals surface area contributed by atoms with E-state index in [1.54, 1.807) is 18.7 Å². The lowest BCUT2D eigenvalue weighted by atomic mass is 10.2. The number of aromatic nitrogens is 2. The molecule has 0 spiro atoms. The zero-order valence-corrected chi connectivity index (χ0v) is 12.4. The lowest BCUT2D eigenvalue weighted by molar-refractivity contribution is 0.0515. The predicted octanol–water partition coefficient (Wildman–Crippen LogP) is 3.32. The Labute approximate surface area is 120 Å². The van der Waals surface area contributed by atoms with E-state index < -0.39 is 5.97 Å². The van der Waals surface area contributed by atoms with Crippen molar-refractivity contribution in [3.05, 3.63) is 41.1 Å². The van der Waals surface area contributed by atoms with Crippen molar-refractivity contribution >= 4 is 29.3 Å². The van der Waals surface area contributed by atoms with Crippen LogP contribution in [-0.4, -0.2) is 22.2 Å². The first kappa shape index (κ1) is 14.0. The molecule has 0 amide bonds. The van der Waals surface area contributed by atoms with Crippen molar-refractivity contribution in [3.63, 3.8) is 0 Å². The van der Waals surface area contributed by atoms with E-state index in [2.05, 4.69) is 40.8 Å². The molecule has 2 rings (SSSR count). The van der Waals surface area contributed by atoms with Crippen LogP contribution in [0, 0.1) is 6.92 Å². The number of ether oxygens (including phenoxy) is 1. The third-order valence-electron chi connectivity index (χ3n) is 2.42. The van der Waals surface area contributed by atoms with Gasteiger partial charge in [0.05, 0.1) is 6.61 Å². The monoisotopic (exact) mass is 294 g/mol. The summed E-state index contributed by atoms with van der Waals surface area (Å²) in [5, 5.41) is 3.83. The quantitative estimate of drug-likeness (QED) is 0.625. The smallest absolute Gasteiger partial charge is 0.361 e. The van der Waals surface area contributed by atoms with Gasteiger partial charge in [-0.3, -0.25) is 0 Å². The van der Waals surface area contributed by atoms with E-state index in [9.17, 15) is 4.79 Å². The van der Waals surface area contributed by atoms with E-state index >= 15 is 0 Å². The SMILES string of the molecule is CCOC(=O)c1nnsc1SCc1ccc(C)cc1. The largest absolute Gasteiger partial charge is 0.461 e. The van der Waals surface area contributed by atoms with Crippen molar-refractivity contribution in [2.45, 2.75) is 23.8 Å². The maximum Gasteiger partial charge on any atom is 0.361 e. The Morgan fingerprint density at radius 1 is 1.37 bits per heavy atom. The molecular weight excluding hydrogens is 280 g/mol. The summed E-state index contributed by atoms with van der Waals surface area (Å²) in [7, 11) is 0. The normalized spacial score (nSPS) is 10.4. The van der Waals surface area contributed by atoms with Crippen LogP contribution in [-0.2, 0) is 10.5 Å². The van der Waals surface area contributed by atoms with Crippen LogP contribution >= 0.6 is 23.3 Å². The maximum absolute atomic E-state index is 11.7. The van der Waals surface area contributed by atoms with E-state index in [1.807, 2.05) is 0 Å². The number of hydrogen-bond acceptors (Lipinski definition) is 6. The van der Waals surface area contributed by atoms with Crippen LogP contribution in [0.15, 0.2) is 28.5 Å². The van der Waals surface area contributed by atoms with Gasteiger partial charge in [0.1, 0.15) is 4.21 Å². The Kier molecular flexibility index (Phi) is 4.93. The van der Waals surface area contributed by atoms with Crippen molar-refractivity contribution in [3.8, 4) is 0 Å². The number of hydrogen-bond donors (Lipinski definition) is 0. The number of carbonyl (C=O) groups excluding carboxylic acids is 1. The van der Waals surface area contributed by atoms with Crippen LogP contribution in [0.25, 0.3) is 0 Å². The second-order valence-corrected chi connectivity index (χ2v) is 5.90. The summed E-state index contributed by atoms with van der Waals surface area (Å²) in [4.78, 5) is 11.7. The molecule has 100 valence electrons. The fourth-order valence-electron chi connectivity index (χ4n) is 1.43. The molecular formula is C13H14N2O2S2. The van der Waals surface area contributed by atoms with Crippen LogP contribution in [0.1, 0.15) is 28.5 Å². The molecule has 0 aliphatic carbocycles. The average molecular weight is 294 g/mol. The molecule has 1 heterocycles. The zero-order chi connectivity index (χ0) is 13.7. The summed E-state index contributed by atoms with van der Waals surface area (Å²) >= 11 is 2.79.